The van der Waals surface area contributed by atoms with Crippen LogP contribution in [0.5, 0.6) is 0 Å². The molecule has 0 aliphatic heterocycles. The van der Waals surface area contributed by atoms with E-state index in [0.29, 0.717) is 29.6 Å². The minimum Gasteiger partial charge on any atom is -0.469 e. The van der Waals surface area contributed by atoms with Crippen LogP contribution in [-0.2, 0) is 9.53 Å². The first-order valence-corrected chi connectivity index (χ1v) is 10.1. The Labute approximate surface area is 147 Å². The van der Waals surface area contributed by atoms with Crippen molar-refractivity contribution >= 4 is 5.97 Å². The quantitative estimate of drug-likeness (QED) is 0.773. The molecule has 0 aromatic rings. The Hall–Kier alpha value is -0.570. The lowest BCUT2D eigenvalue weighted by molar-refractivity contribution is -0.141. The number of methoxy groups -OCH3 is 1. The number of rotatable bonds is 4. The van der Waals surface area contributed by atoms with Gasteiger partial charge in [0.2, 0.25) is 0 Å². The summed E-state index contributed by atoms with van der Waals surface area (Å²) < 4.78 is 4.82. The smallest absolute Gasteiger partial charge is 0.305 e. The van der Waals surface area contributed by atoms with E-state index in [-0.39, 0.29) is 12.1 Å². The Balaban J connectivity index is 1.69. The maximum Gasteiger partial charge on any atom is 0.305 e. The molecule has 3 aliphatic carbocycles. The number of carbonyl (C=O) groups is 1. The van der Waals surface area contributed by atoms with Gasteiger partial charge in [-0.2, -0.15) is 0 Å². The lowest BCUT2D eigenvalue weighted by atomic mass is 9.52. The summed E-state index contributed by atoms with van der Waals surface area (Å²) in [7, 11) is 1.48. The largest absolute Gasteiger partial charge is 0.469 e. The van der Waals surface area contributed by atoms with Gasteiger partial charge in [0, 0.05) is 6.42 Å². The number of hydrogen-bond donors (Lipinski definition) is 1. The van der Waals surface area contributed by atoms with Crippen LogP contribution in [0.4, 0.5) is 0 Å². The van der Waals surface area contributed by atoms with Crippen molar-refractivity contribution in [1.82, 2.24) is 0 Å². The highest BCUT2D eigenvalue weighted by Gasteiger charge is 2.56. The van der Waals surface area contributed by atoms with E-state index in [0.717, 1.165) is 24.2 Å². The van der Waals surface area contributed by atoms with Crippen LogP contribution >= 0.6 is 0 Å². The van der Waals surface area contributed by atoms with Gasteiger partial charge in [-0.1, -0.05) is 20.8 Å². The number of fused-ring (bicyclic) bond motifs is 3. The number of hydrogen-bond acceptors (Lipinski definition) is 3. The molecule has 0 aromatic carbocycles. The summed E-state index contributed by atoms with van der Waals surface area (Å²) in [5, 5.41) is 10.7. The molecule has 3 nitrogen and oxygen atoms in total. The van der Waals surface area contributed by atoms with Crippen molar-refractivity contribution in [2.75, 3.05) is 7.11 Å². The summed E-state index contributed by atoms with van der Waals surface area (Å²) in [5.74, 6) is 3.77. The van der Waals surface area contributed by atoms with Crippen LogP contribution in [0.2, 0.25) is 0 Å². The molecule has 0 saturated heterocycles. The third kappa shape index (κ3) is 3.02. The molecule has 3 heteroatoms. The van der Waals surface area contributed by atoms with Crippen LogP contribution in [0, 0.1) is 40.9 Å². The van der Waals surface area contributed by atoms with Gasteiger partial charge in [-0.15, -0.1) is 0 Å². The summed E-state index contributed by atoms with van der Waals surface area (Å²) in [6.07, 6.45) is 9.02. The van der Waals surface area contributed by atoms with Gasteiger partial charge in [0.15, 0.2) is 0 Å². The Bertz CT molecular complexity index is 462. The predicted molar refractivity (Wildman–Crippen MR) is 95.4 cm³/mol. The molecule has 0 aromatic heterocycles. The molecule has 24 heavy (non-hydrogen) atoms. The molecular weight excluding hydrogens is 300 g/mol. The van der Waals surface area contributed by atoms with Gasteiger partial charge in [-0.3, -0.25) is 4.79 Å². The lowest BCUT2D eigenvalue weighted by Crippen LogP contribution is -2.49. The van der Waals surface area contributed by atoms with Gasteiger partial charge in [-0.05, 0) is 85.9 Å². The first-order chi connectivity index (χ1) is 11.4. The van der Waals surface area contributed by atoms with Crippen LogP contribution < -0.4 is 0 Å². The second-order valence-electron chi connectivity index (χ2n) is 9.30. The summed E-state index contributed by atoms with van der Waals surface area (Å²) in [6, 6.07) is 0. The summed E-state index contributed by atoms with van der Waals surface area (Å²) in [6.45, 7) is 7.08. The second kappa shape index (κ2) is 6.97. The van der Waals surface area contributed by atoms with Crippen LogP contribution in [0.1, 0.15) is 72.1 Å². The van der Waals surface area contributed by atoms with Crippen molar-refractivity contribution in [3.05, 3.63) is 0 Å². The van der Waals surface area contributed by atoms with E-state index in [4.69, 9.17) is 4.74 Å². The summed E-state index contributed by atoms with van der Waals surface area (Å²) in [5.41, 5.74) is 0.414. The minimum absolute atomic E-state index is 0.0744. The zero-order chi connectivity index (χ0) is 17.5. The Kier molecular flexibility index (Phi) is 5.30. The maximum absolute atomic E-state index is 11.5. The molecule has 0 bridgehead atoms. The van der Waals surface area contributed by atoms with E-state index in [1.807, 2.05) is 0 Å². The monoisotopic (exact) mass is 336 g/mol. The molecule has 2 unspecified atom stereocenters. The molecule has 3 aliphatic rings. The molecule has 3 fully saturated rings. The summed E-state index contributed by atoms with van der Waals surface area (Å²) >= 11 is 0. The molecule has 0 radical (unpaired) electrons. The second-order valence-corrected chi connectivity index (χ2v) is 9.30. The van der Waals surface area contributed by atoms with Crippen LogP contribution in [0.25, 0.3) is 0 Å². The van der Waals surface area contributed by atoms with Gasteiger partial charge in [-0.25, -0.2) is 0 Å². The number of aliphatic hydroxyl groups is 1. The van der Waals surface area contributed by atoms with Crippen LogP contribution in [0.3, 0.4) is 0 Å². The van der Waals surface area contributed by atoms with Crippen molar-refractivity contribution < 1.29 is 14.6 Å². The topological polar surface area (TPSA) is 46.5 Å². The zero-order valence-electron chi connectivity index (χ0n) is 16.0. The van der Waals surface area contributed by atoms with Gasteiger partial charge in [0.25, 0.3) is 0 Å². The van der Waals surface area contributed by atoms with Crippen LogP contribution in [-0.4, -0.2) is 24.3 Å². The van der Waals surface area contributed by atoms with Gasteiger partial charge in [0.05, 0.1) is 13.2 Å². The highest BCUT2D eigenvalue weighted by molar-refractivity contribution is 5.69. The van der Waals surface area contributed by atoms with E-state index in [2.05, 4.69) is 20.8 Å². The Morgan fingerprint density at radius 1 is 1.21 bits per heavy atom. The minimum atomic E-state index is -0.0795. The van der Waals surface area contributed by atoms with E-state index < -0.39 is 0 Å². The van der Waals surface area contributed by atoms with Gasteiger partial charge in [0.1, 0.15) is 0 Å². The van der Waals surface area contributed by atoms with Crippen molar-refractivity contribution in [3.63, 3.8) is 0 Å². The number of aliphatic hydroxyl groups excluding tert-OH is 1. The highest BCUT2D eigenvalue weighted by Crippen LogP contribution is 2.63. The molecule has 0 heterocycles. The predicted octanol–water partition coefficient (Wildman–Crippen LogP) is 4.43. The third-order valence-corrected chi connectivity index (χ3v) is 8.26. The number of ether oxygens (including phenoxy) is 1. The lowest BCUT2D eigenvalue weighted by Gasteiger charge is -2.54. The van der Waals surface area contributed by atoms with E-state index in [1.54, 1.807) is 0 Å². The van der Waals surface area contributed by atoms with E-state index in [1.165, 1.54) is 45.6 Å². The van der Waals surface area contributed by atoms with E-state index in [9.17, 15) is 9.90 Å². The molecule has 0 amide bonds. The fraction of sp³-hybridized carbons (Fsp3) is 0.952. The fourth-order valence-corrected chi connectivity index (χ4v) is 6.83. The normalized spacial score (nSPS) is 46.0. The average molecular weight is 337 g/mol. The SMILES string of the molecule is COC(=O)CC[C@@H](C)[C@H]1CC[C@H]2[C@@H]3CC[C@@H](C)C(O)C3CC[C@]12C. The molecule has 138 valence electrons. The van der Waals surface area contributed by atoms with Gasteiger partial charge >= 0.3 is 5.97 Å². The molecule has 3 saturated carbocycles. The number of carbonyl (C=O) groups excluding carboxylic acids is 1. The molecule has 1 N–H and O–H groups in total. The van der Waals surface area contributed by atoms with Crippen molar-refractivity contribution in [1.29, 1.82) is 0 Å². The van der Waals surface area contributed by atoms with Crippen molar-refractivity contribution in [2.24, 2.45) is 40.9 Å². The van der Waals surface area contributed by atoms with Crippen LogP contribution in [0.15, 0.2) is 0 Å². The first kappa shape index (κ1) is 18.2. The van der Waals surface area contributed by atoms with Crippen molar-refractivity contribution in [2.45, 2.75) is 78.2 Å². The molecule has 0 spiro atoms. The third-order valence-electron chi connectivity index (χ3n) is 8.26. The number of esters is 1. The Morgan fingerprint density at radius 3 is 2.67 bits per heavy atom. The maximum atomic E-state index is 11.5. The van der Waals surface area contributed by atoms with Gasteiger partial charge < -0.3 is 9.84 Å². The molecule has 3 rings (SSSR count). The standard InChI is InChI=1S/C21H36O3/c1-13(6-10-19(22)24-4)17-8-9-18-15-7-5-14(2)20(23)16(15)11-12-21(17,18)3/h13-18,20,23H,5-12H2,1-4H3/t13-,14-,15-,16?,17-,18+,20?,21-/m1/s1. The first-order valence-electron chi connectivity index (χ1n) is 10.1. The zero-order valence-corrected chi connectivity index (χ0v) is 16.0. The van der Waals surface area contributed by atoms with Crippen molar-refractivity contribution in [3.8, 4) is 0 Å². The summed E-state index contributed by atoms with van der Waals surface area (Å²) in [4.78, 5) is 11.5. The highest BCUT2D eigenvalue weighted by atomic mass is 16.5. The van der Waals surface area contributed by atoms with E-state index >= 15 is 0 Å². The Morgan fingerprint density at radius 2 is 1.96 bits per heavy atom. The fourth-order valence-electron chi connectivity index (χ4n) is 6.83. The average Bonchev–Trinajstić information content (AvgIpc) is 2.93. The molecular formula is C21H36O3. The molecule has 8 atom stereocenters.